The highest BCUT2D eigenvalue weighted by molar-refractivity contribution is 5.79. The summed E-state index contributed by atoms with van der Waals surface area (Å²) in [6.07, 6.45) is 0.339. The molecule has 1 unspecified atom stereocenters. The molecule has 1 aliphatic rings. The van der Waals surface area contributed by atoms with E-state index < -0.39 is 0 Å². The molecule has 0 spiro atoms. The lowest BCUT2D eigenvalue weighted by atomic mass is 10.0. The zero-order valence-corrected chi connectivity index (χ0v) is 11.7. The fourth-order valence-electron chi connectivity index (χ4n) is 2.63. The standard InChI is InChI=1S/C17H18N2O2/c18-10-13-6-2-1-5-12(13)9-17(20)19-15-11-21-16-8-4-3-7-14(15)16/h1-8,15H,9-11,18H2,(H,19,20). The number of hydrogen-bond donors (Lipinski definition) is 2. The second-order valence-corrected chi connectivity index (χ2v) is 5.12. The molecule has 3 N–H and O–H groups in total. The van der Waals surface area contributed by atoms with Crippen molar-refractivity contribution in [1.82, 2.24) is 5.32 Å². The number of nitrogens with one attached hydrogen (secondary N) is 1. The van der Waals surface area contributed by atoms with E-state index in [1.165, 1.54) is 0 Å². The Morgan fingerprint density at radius 1 is 1.14 bits per heavy atom. The molecule has 0 saturated carbocycles. The summed E-state index contributed by atoms with van der Waals surface area (Å²) >= 11 is 0. The van der Waals surface area contributed by atoms with Gasteiger partial charge in [0, 0.05) is 12.1 Å². The van der Waals surface area contributed by atoms with Crippen molar-refractivity contribution in [3.8, 4) is 5.75 Å². The maximum absolute atomic E-state index is 12.2. The highest BCUT2D eigenvalue weighted by Crippen LogP contribution is 2.31. The molecule has 0 aliphatic carbocycles. The maximum atomic E-state index is 12.2. The van der Waals surface area contributed by atoms with Crippen LogP contribution in [0.2, 0.25) is 0 Å². The Morgan fingerprint density at radius 2 is 1.86 bits per heavy atom. The number of benzene rings is 2. The Bertz CT molecular complexity index is 655. The van der Waals surface area contributed by atoms with Gasteiger partial charge in [-0.25, -0.2) is 0 Å². The number of nitrogens with two attached hydrogens (primary N) is 1. The van der Waals surface area contributed by atoms with E-state index in [0.717, 1.165) is 22.4 Å². The first-order valence-electron chi connectivity index (χ1n) is 7.06. The van der Waals surface area contributed by atoms with Crippen LogP contribution in [-0.2, 0) is 17.8 Å². The van der Waals surface area contributed by atoms with Gasteiger partial charge >= 0.3 is 0 Å². The highest BCUT2D eigenvalue weighted by atomic mass is 16.5. The van der Waals surface area contributed by atoms with Crippen LogP contribution in [0.15, 0.2) is 48.5 Å². The van der Waals surface area contributed by atoms with E-state index in [4.69, 9.17) is 10.5 Å². The molecule has 21 heavy (non-hydrogen) atoms. The highest BCUT2D eigenvalue weighted by Gasteiger charge is 2.25. The molecular formula is C17H18N2O2. The smallest absolute Gasteiger partial charge is 0.225 e. The van der Waals surface area contributed by atoms with Crippen LogP contribution in [0.3, 0.4) is 0 Å². The van der Waals surface area contributed by atoms with E-state index in [9.17, 15) is 4.79 Å². The maximum Gasteiger partial charge on any atom is 0.225 e. The van der Waals surface area contributed by atoms with Crippen molar-refractivity contribution >= 4 is 5.91 Å². The van der Waals surface area contributed by atoms with Crippen LogP contribution in [0, 0.1) is 0 Å². The molecule has 1 aliphatic heterocycles. The molecule has 3 rings (SSSR count). The summed E-state index contributed by atoms with van der Waals surface area (Å²) in [6.45, 7) is 0.933. The number of carbonyl (C=O) groups excluding carboxylic acids is 1. The largest absolute Gasteiger partial charge is 0.491 e. The van der Waals surface area contributed by atoms with Crippen molar-refractivity contribution in [2.45, 2.75) is 19.0 Å². The molecule has 0 radical (unpaired) electrons. The van der Waals surface area contributed by atoms with Gasteiger partial charge < -0.3 is 15.8 Å². The third kappa shape index (κ3) is 2.90. The molecule has 2 aromatic rings. The molecule has 4 heteroatoms. The third-order valence-corrected chi connectivity index (χ3v) is 3.72. The van der Waals surface area contributed by atoms with Gasteiger partial charge in [0.1, 0.15) is 12.4 Å². The minimum absolute atomic E-state index is 0.0128. The van der Waals surface area contributed by atoms with Crippen LogP contribution >= 0.6 is 0 Å². The van der Waals surface area contributed by atoms with Crippen LogP contribution in [0.4, 0.5) is 0 Å². The van der Waals surface area contributed by atoms with E-state index in [1.807, 2.05) is 48.5 Å². The van der Waals surface area contributed by atoms with Gasteiger partial charge in [-0.15, -0.1) is 0 Å². The van der Waals surface area contributed by atoms with Gasteiger partial charge in [0.15, 0.2) is 0 Å². The van der Waals surface area contributed by atoms with E-state index in [1.54, 1.807) is 0 Å². The van der Waals surface area contributed by atoms with Crippen LogP contribution in [0.1, 0.15) is 22.7 Å². The Balaban J connectivity index is 1.68. The number of ether oxygens (including phenoxy) is 1. The molecule has 0 fully saturated rings. The lowest BCUT2D eigenvalue weighted by molar-refractivity contribution is -0.121. The van der Waals surface area contributed by atoms with Gasteiger partial charge in [0.25, 0.3) is 0 Å². The molecule has 0 bridgehead atoms. The Labute approximate surface area is 123 Å². The van der Waals surface area contributed by atoms with Crippen molar-refractivity contribution in [2.24, 2.45) is 5.73 Å². The Morgan fingerprint density at radius 3 is 2.67 bits per heavy atom. The molecule has 1 atom stereocenters. The predicted octanol–water partition coefficient (Wildman–Crippen LogP) is 1.94. The minimum Gasteiger partial charge on any atom is -0.491 e. The first-order valence-corrected chi connectivity index (χ1v) is 7.06. The Hall–Kier alpha value is -2.33. The van der Waals surface area contributed by atoms with Crippen LogP contribution < -0.4 is 15.8 Å². The van der Waals surface area contributed by atoms with Gasteiger partial charge in [-0.2, -0.15) is 0 Å². The van der Waals surface area contributed by atoms with Crippen molar-refractivity contribution in [2.75, 3.05) is 6.61 Å². The van der Waals surface area contributed by atoms with Crippen LogP contribution in [0.25, 0.3) is 0 Å². The fourth-order valence-corrected chi connectivity index (χ4v) is 2.63. The van der Waals surface area contributed by atoms with Crippen molar-refractivity contribution < 1.29 is 9.53 Å². The number of fused-ring (bicyclic) bond motifs is 1. The molecule has 1 heterocycles. The lowest BCUT2D eigenvalue weighted by Gasteiger charge is -2.13. The second-order valence-electron chi connectivity index (χ2n) is 5.12. The zero-order valence-electron chi connectivity index (χ0n) is 11.7. The molecule has 2 aromatic carbocycles. The topological polar surface area (TPSA) is 64.4 Å². The van der Waals surface area contributed by atoms with Crippen molar-refractivity contribution in [3.63, 3.8) is 0 Å². The monoisotopic (exact) mass is 282 g/mol. The molecule has 0 saturated heterocycles. The van der Waals surface area contributed by atoms with E-state index in [0.29, 0.717) is 19.6 Å². The quantitative estimate of drug-likeness (QED) is 0.900. The summed E-state index contributed by atoms with van der Waals surface area (Å²) in [4.78, 5) is 12.2. The first-order chi connectivity index (χ1) is 10.3. The van der Waals surface area contributed by atoms with Gasteiger partial charge in [0.2, 0.25) is 5.91 Å². The summed E-state index contributed by atoms with van der Waals surface area (Å²) in [5.74, 6) is 0.839. The normalized spacial score (nSPS) is 16.1. The second kappa shape index (κ2) is 5.97. The summed E-state index contributed by atoms with van der Waals surface area (Å²) in [7, 11) is 0. The van der Waals surface area contributed by atoms with E-state index >= 15 is 0 Å². The van der Waals surface area contributed by atoms with Crippen molar-refractivity contribution in [1.29, 1.82) is 0 Å². The summed E-state index contributed by atoms with van der Waals surface area (Å²) in [5, 5.41) is 3.03. The summed E-state index contributed by atoms with van der Waals surface area (Å²) < 4.78 is 5.57. The summed E-state index contributed by atoms with van der Waals surface area (Å²) in [6, 6.07) is 15.5. The molecule has 1 amide bonds. The summed E-state index contributed by atoms with van der Waals surface area (Å²) in [5.41, 5.74) is 8.73. The van der Waals surface area contributed by atoms with Gasteiger partial charge in [-0.1, -0.05) is 42.5 Å². The zero-order chi connectivity index (χ0) is 14.7. The number of amides is 1. The average Bonchev–Trinajstić information content (AvgIpc) is 2.91. The van der Waals surface area contributed by atoms with E-state index in [-0.39, 0.29) is 11.9 Å². The molecule has 4 nitrogen and oxygen atoms in total. The number of rotatable bonds is 4. The van der Waals surface area contributed by atoms with Crippen molar-refractivity contribution in [3.05, 3.63) is 65.2 Å². The molecular weight excluding hydrogens is 264 g/mol. The van der Waals surface area contributed by atoms with Gasteiger partial charge in [-0.3, -0.25) is 4.79 Å². The van der Waals surface area contributed by atoms with Gasteiger partial charge in [0.05, 0.1) is 12.5 Å². The first kappa shape index (κ1) is 13.6. The lowest BCUT2D eigenvalue weighted by Crippen LogP contribution is -2.31. The molecule has 0 aromatic heterocycles. The third-order valence-electron chi connectivity index (χ3n) is 3.72. The Kier molecular flexibility index (Phi) is 3.88. The van der Waals surface area contributed by atoms with Crippen LogP contribution in [-0.4, -0.2) is 12.5 Å². The number of hydrogen-bond acceptors (Lipinski definition) is 3. The SMILES string of the molecule is NCc1ccccc1CC(=O)NC1COc2ccccc21. The number of carbonyl (C=O) groups is 1. The van der Waals surface area contributed by atoms with E-state index in [2.05, 4.69) is 5.32 Å². The predicted molar refractivity (Wildman–Crippen MR) is 80.9 cm³/mol. The van der Waals surface area contributed by atoms with Crippen LogP contribution in [0.5, 0.6) is 5.75 Å². The average molecular weight is 282 g/mol. The van der Waals surface area contributed by atoms with Gasteiger partial charge in [-0.05, 0) is 17.2 Å². The minimum atomic E-state index is -0.0706. The fraction of sp³-hybridized carbons (Fsp3) is 0.235. The number of para-hydroxylation sites is 1. The molecule has 108 valence electrons.